The minimum atomic E-state index is -0.498. The van der Waals surface area contributed by atoms with E-state index >= 15 is 0 Å². The number of amides is 1. The molecule has 0 heterocycles. The van der Waals surface area contributed by atoms with E-state index in [2.05, 4.69) is 5.32 Å². The molecule has 0 aromatic heterocycles. The predicted octanol–water partition coefficient (Wildman–Crippen LogP) is 3.28. The molecular formula is C17H21NO3S. The molecule has 2 rings (SSSR count). The molecule has 0 bridgehead atoms. The van der Waals surface area contributed by atoms with E-state index in [-0.39, 0.29) is 18.6 Å². The van der Waals surface area contributed by atoms with Crippen LogP contribution in [0.5, 0.6) is 0 Å². The summed E-state index contributed by atoms with van der Waals surface area (Å²) < 4.78 is 4.93. The third-order valence-corrected chi connectivity index (χ3v) is 4.28. The SMILES string of the molecule is O=C(COC(=O)/C=C/Sc1ccccc1)NC1CCCCC1. The quantitative estimate of drug-likeness (QED) is 0.497. The lowest BCUT2D eigenvalue weighted by molar-refractivity contribution is -0.144. The molecule has 1 amide bonds. The smallest absolute Gasteiger partial charge is 0.331 e. The first-order valence-corrected chi connectivity index (χ1v) is 8.46. The van der Waals surface area contributed by atoms with Gasteiger partial charge in [-0.15, -0.1) is 0 Å². The molecule has 1 aromatic carbocycles. The summed E-state index contributed by atoms with van der Waals surface area (Å²) in [5, 5.41) is 4.57. The molecule has 0 atom stereocenters. The Balaban J connectivity index is 1.63. The third kappa shape index (κ3) is 6.35. The second-order valence-electron chi connectivity index (χ2n) is 5.24. The van der Waals surface area contributed by atoms with Gasteiger partial charge in [-0.3, -0.25) is 4.79 Å². The molecule has 22 heavy (non-hydrogen) atoms. The van der Waals surface area contributed by atoms with Gasteiger partial charge in [-0.1, -0.05) is 49.2 Å². The summed E-state index contributed by atoms with van der Waals surface area (Å²) in [6.45, 7) is -0.213. The molecule has 5 heteroatoms. The fourth-order valence-corrected chi connectivity index (χ4v) is 3.02. The van der Waals surface area contributed by atoms with Gasteiger partial charge in [0, 0.05) is 17.0 Å². The van der Waals surface area contributed by atoms with Crippen molar-refractivity contribution in [3.63, 3.8) is 0 Å². The molecule has 1 N–H and O–H groups in total. The van der Waals surface area contributed by atoms with Gasteiger partial charge in [0.1, 0.15) is 0 Å². The van der Waals surface area contributed by atoms with Crippen LogP contribution in [0.25, 0.3) is 0 Å². The molecule has 0 unspecified atom stereocenters. The minimum absolute atomic E-state index is 0.213. The van der Waals surface area contributed by atoms with Gasteiger partial charge in [-0.2, -0.15) is 0 Å². The van der Waals surface area contributed by atoms with Crippen molar-refractivity contribution in [1.82, 2.24) is 5.32 Å². The second-order valence-corrected chi connectivity index (χ2v) is 6.22. The highest BCUT2D eigenvalue weighted by Crippen LogP contribution is 2.18. The van der Waals surface area contributed by atoms with Crippen molar-refractivity contribution >= 4 is 23.6 Å². The van der Waals surface area contributed by atoms with E-state index in [1.54, 1.807) is 5.41 Å². The van der Waals surface area contributed by atoms with Crippen molar-refractivity contribution in [2.24, 2.45) is 0 Å². The normalized spacial score (nSPS) is 15.6. The molecule has 1 aliphatic rings. The largest absolute Gasteiger partial charge is 0.452 e. The van der Waals surface area contributed by atoms with E-state index in [4.69, 9.17) is 4.74 Å². The molecule has 1 aromatic rings. The first-order chi connectivity index (χ1) is 10.7. The average molecular weight is 319 g/mol. The Morgan fingerprint density at radius 1 is 1.18 bits per heavy atom. The Hall–Kier alpha value is -1.75. The van der Waals surface area contributed by atoms with Gasteiger partial charge in [0.2, 0.25) is 0 Å². The minimum Gasteiger partial charge on any atom is -0.452 e. The fourth-order valence-electron chi connectivity index (χ4n) is 2.37. The zero-order valence-electron chi connectivity index (χ0n) is 12.5. The van der Waals surface area contributed by atoms with Gasteiger partial charge in [0.15, 0.2) is 6.61 Å². The van der Waals surface area contributed by atoms with Crippen LogP contribution in [0.2, 0.25) is 0 Å². The number of esters is 1. The van der Waals surface area contributed by atoms with Crippen molar-refractivity contribution in [3.8, 4) is 0 Å². The van der Waals surface area contributed by atoms with E-state index in [1.165, 1.54) is 24.3 Å². The summed E-state index contributed by atoms with van der Waals surface area (Å²) in [5.74, 6) is -0.716. The monoisotopic (exact) mass is 319 g/mol. The molecule has 0 radical (unpaired) electrons. The first-order valence-electron chi connectivity index (χ1n) is 7.58. The first kappa shape index (κ1) is 16.6. The molecule has 118 valence electrons. The van der Waals surface area contributed by atoms with Crippen molar-refractivity contribution in [2.75, 3.05) is 6.61 Å². The maximum Gasteiger partial charge on any atom is 0.331 e. The summed E-state index contributed by atoms with van der Waals surface area (Å²) in [5.41, 5.74) is 0. The lowest BCUT2D eigenvalue weighted by Crippen LogP contribution is -2.38. The summed E-state index contributed by atoms with van der Waals surface area (Å²) in [6, 6.07) is 9.96. The molecule has 0 saturated heterocycles. The van der Waals surface area contributed by atoms with Crippen LogP contribution in [-0.4, -0.2) is 24.5 Å². The van der Waals surface area contributed by atoms with Gasteiger partial charge in [0.25, 0.3) is 5.91 Å². The van der Waals surface area contributed by atoms with Crippen LogP contribution in [0.1, 0.15) is 32.1 Å². The Morgan fingerprint density at radius 2 is 1.91 bits per heavy atom. The van der Waals surface area contributed by atoms with Crippen molar-refractivity contribution in [1.29, 1.82) is 0 Å². The average Bonchev–Trinajstić information content (AvgIpc) is 2.55. The van der Waals surface area contributed by atoms with Crippen LogP contribution in [-0.2, 0) is 14.3 Å². The van der Waals surface area contributed by atoms with Gasteiger partial charge < -0.3 is 10.1 Å². The van der Waals surface area contributed by atoms with Crippen LogP contribution < -0.4 is 5.32 Å². The third-order valence-electron chi connectivity index (χ3n) is 3.47. The van der Waals surface area contributed by atoms with Crippen molar-refractivity contribution in [3.05, 3.63) is 41.8 Å². The molecule has 4 nitrogen and oxygen atoms in total. The number of carbonyl (C=O) groups excluding carboxylic acids is 2. The number of nitrogens with one attached hydrogen (secondary N) is 1. The summed E-state index contributed by atoms with van der Waals surface area (Å²) in [7, 11) is 0. The lowest BCUT2D eigenvalue weighted by Gasteiger charge is -2.22. The second kappa shape index (κ2) is 9.30. The standard InChI is InChI=1S/C17H21NO3S/c19-16(18-14-7-3-1-4-8-14)13-21-17(20)11-12-22-15-9-5-2-6-10-15/h2,5-6,9-12,14H,1,3-4,7-8,13H2,(H,18,19)/b12-11+. The number of hydrogen-bond acceptors (Lipinski definition) is 4. The number of hydrogen-bond donors (Lipinski definition) is 1. The van der Waals surface area contributed by atoms with E-state index in [0.29, 0.717) is 0 Å². The Morgan fingerprint density at radius 3 is 2.64 bits per heavy atom. The van der Waals surface area contributed by atoms with E-state index < -0.39 is 5.97 Å². The fraction of sp³-hybridized carbons (Fsp3) is 0.412. The van der Waals surface area contributed by atoms with Crippen LogP contribution in [0.15, 0.2) is 46.7 Å². The van der Waals surface area contributed by atoms with E-state index in [0.717, 1.165) is 30.6 Å². The number of thioether (sulfide) groups is 1. The number of rotatable bonds is 6. The number of benzene rings is 1. The van der Waals surface area contributed by atoms with Gasteiger partial charge in [-0.25, -0.2) is 4.79 Å². The predicted molar refractivity (Wildman–Crippen MR) is 87.4 cm³/mol. The highest BCUT2D eigenvalue weighted by Gasteiger charge is 2.16. The Bertz CT molecular complexity index is 510. The van der Waals surface area contributed by atoms with Gasteiger partial charge in [0.05, 0.1) is 0 Å². The van der Waals surface area contributed by atoms with Crippen LogP contribution in [0, 0.1) is 0 Å². The summed E-state index contributed by atoms with van der Waals surface area (Å²) in [4.78, 5) is 24.3. The van der Waals surface area contributed by atoms with Crippen LogP contribution in [0.4, 0.5) is 0 Å². The number of carbonyl (C=O) groups is 2. The molecule has 0 spiro atoms. The zero-order valence-corrected chi connectivity index (χ0v) is 13.3. The summed E-state index contributed by atoms with van der Waals surface area (Å²) >= 11 is 1.43. The summed E-state index contributed by atoms with van der Waals surface area (Å²) in [6.07, 6.45) is 6.94. The van der Waals surface area contributed by atoms with Gasteiger partial charge in [-0.05, 0) is 30.4 Å². The molecule has 1 fully saturated rings. The van der Waals surface area contributed by atoms with Crippen molar-refractivity contribution in [2.45, 2.75) is 43.0 Å². The van der Waals surface area contributed by atoms with Crippen LogP contribution >= 0.6 is 11.8 Å². The Labute approximate surface area is 135 Å². The molecule has 1 aliphatic carbocycles. The number of ether oxygens (including phenoxy) is 1. The molecule has 0 aliphatic heterocycles. The van der Waals surface area contributed by atoms with Gasteiger partial charge >= 0.3 is 5.97 Å². The highest BCUT2D eigenvalue weighted by molar-refractivity contribution is 8.02. The topological polar surface area (TPSA) is 55.4 Å². The van der Waals surface area contributed by atoms with E-state index in [1.807, 2.05) is 30.3 Å². The maximum atomic E-state index is 11.7. The zero-order chi connectivity index (χ0) is 15.6. The maximum absolute atomic E-state index is 11.7. The lowest BCUT2D eigenvalue weighted by atomic mass is 9.95. The van der Waals surface area contributed by atoms with Crippen LogP contribution in [0.3, 0.4) is 0 Å². The molecular weight excluding hydrogens is 298 g/mol. The Kier molecular flexibility index (Phi) is 7.03. The molecule has 1 saturated carbocycles. The highest BCUT2D eigenvalue weighted by atomic mass is 32.2. The van der Waals surface area contributed by atoms with E-state index in [9.17, 15) is 9.59 Å². The van der Waals surface area contributed by atoms with Crippen molar-refractivity contribution < 1.29 is 14.3 Å².